The summed E-state index contributed by atoms with van der Waals surface area (Å²) in [5.41, 5.74) is 5.35. The number of rotatable bonds is 7. The summed E-state index contributed by atoms with van der Waals surface area (Å²) in [6.45, 7) is 5.20. The highest BCUT2D eigenvalue weighted by molar-refractivity contribution is 5.76. The number of nitrogens with one attached hydrogen (secondary N) is 1. The average Bonchev–Trinajstić information content (AvgIpc) is 2.31. The SMILES string of the molecule is CCN(CCC(=N)N)CCn1ccccc1=O. The molecular formula is C12H20N4O. The maximum atomic E-state index is 11.5. The summed E-state index contributed by atoms with van der Waals surface area (Å²) in [6, 6.07) is 5.16. The second-order valence-corrected chi connectivity index (χ2v) is 3.94. The van der Waals surface area contributed by atoms with E-state index in [9.17, 15) is 4.79 Å². The van der Waals surface area contributed by atoms with E-state index < -0.39 is 0 Å². The molecule has 5 nitrogen and oxygen atoms in total. The van der Waals surface area contributed by atoms with Crippen molar-refractivity contribution in [1.82, 2.24) is 9.47 Å². The lowest BCUT2D eigenvalue weighted by Crippen LogP contribution is -2.32. The third-order valence-corrected chi connectivity index (χ3v) is 2.70. The molecule has 0 aromatic carbocycles. The van der Waals surface area contributed by atoms with Gasteiger partial charge in [-0.25, -0.2) is 0 Å². The fourth-order valence-corrected chi connectivity index (χ4v) is 1.60. The van der Waals surface area contributed by atoms with Crippen LogP contribution in [0.25, 0.3) is 0 Å². The Hall–Kier alpha value is -1.62. The van der Waals surface area contributed by atoms with Crippen molar-refractivity contribution < 1.29 is 0 Å². The molecule has 3 N–H and O–H groups in total. The Morgan fingerprint density at radius 2 is 2.24 bits per heavy atom. The number of pyridine rings is 1. The van der Waals surface area contributed by atoms with Crippen molar-refractivity contribution in [2.45, 2.75) is 19.9 Å². The molecule has 0 saturated carbocycles. The lowest BCUT2D eigenvalue weighted by atomic mass is 10.3. The van der Waals surface area contributed by atoms with Crippen LogP contribution in [-0.2, 0) is 6.54 Å². The Morgan fingerprint density at radius 1 is 1.47 bits per heavy atom. The molecule has 0 saturated heterocycles. The third-order valence-electron chi connectivity index (χ3n) is 2.70. The van der Waals surface area contributed by atoms with Crippen LogP contribution >= 0.6 is 0 Å². The maximum Gasteiger partial charge on any atom is 0.250 e. The normalized spacial score (nSPS) is 10.7. The lowest BCUT2D eigenvalue weighted by Gasteiger charge is -2.20. The molecule has 1 aromatic heterocycles. The highest BCUT2D eigenvalue weighted by Gasteiger charge is 2.03. The Balaban J connectivity index is 2.45. The molecule has 1 rings (SSSR count). The second-order valence-electron chi connectivity index (χ2n) is 3.94. The van der Waals surface area contributed by atoms with Crippen molar-refractivity contribution in [2.24, 2.45) is 5.73 Å². The molecule has 0 unspecified atom stereocenters. The van der Waals surface area contributed by atoms with Crippen LogP contribution in [0.15, 0.2) is 29.2 Å². The smallest absolute Gasteiger partial charge is 0.250 e. The Labute approximate surface area is 101 Å². The molecule has 1 heterocycles. The van der Waals surface area contributed by atoms with Gasteiger partial charge < -0.3 is 15.2 Å². The topological polar surface area (TPSA) is 75.1 Å². The summed E-state index contributed by atoms with van der Waals surface area (Å²) in [5, 5.41) is 7.19. The molecule has 0 fully saturated rings. The van der Waals surface area contributed by atoms with Gasteiger partial charge in [0.2, 0.25) is 0 Å². The van der Waals surface area contributed by atoms with E-state index in [0.29, 0.717) is 13.0 Å². The predicted octanol–water partition coefficient (Wildman–Crippen LogP) is 0.496. The zero-order chi connectivity index (χ0) is 12.7. The van der Waals surface area contributed by atoms with Gasteiger partial charge >= 0.3 is 0 Å². The first-order valence-electron chi connectivity index (χ1n) is 5.84. The fourth-order valence-electron chi connectivity index (χ4n) is 1.60. The first-order valence-corrected chi connectivity index (χ1v) is 5.84. The standard InChI is InChI=1S/C12H20N4O/c1-2-15(8-6-11(13)14)9-10-16-7-4-3-5-12(16)17/h3-5,7H,2,6,8-10H2,1H3,(H3,13,14). The Bertz CT molecular complexity index is 413. The largest absolute Gasteiger partial charge is 0.388 e. The van der Waals surface area contributed by atoms with Crippen molar-refractivity contribution in [3.05, 3.63) is 34.7 Å². The second kappa shape index (κ2) is 6.85. The van der Waals surface area contributed by atoms with Gasteiger partial charge in [-0.05, 0) is 12.6 Å². The van der Waals surface area contributed by atoms with E-state index in [4.69, 9.17) is 11.1 Å². The predicted molar refractivity (Wildman–Crippen MR) is 69.3 cm³/mol. The summed E-state index contributed by atoms with van der Waals surface area (Å²) >= 11 is 0. The van der Waals surface area contributed by atoms with Crippen LogP contribution in [0.2, 0.25) is 0 Å². The van der Waals surface area contributed by atoms with Gasteiger partial charge in [-0.2, -0.15) is 0 Å². The summed E-state index contributed by atoms with van der Waals surface area (Å²) < 4.78 is 1.69. The van der Waals surface area contributed by atoms with Crippen LogP contribution < -0.4 is 11.3 Å². The minimum Gasteiger partial charge on any atom is -0.388 e. The van der Waals surface area contributed by atoms with E-state index in [0.717, 1.165) is 19.6 Å². The molecule has 0 atom stereocenters. The molecule has 17 heavy (non-hydrogen) atoms. The molecule has 0 radical (unpaired) electrons. The third kappa shape index (κ3) is 4.82. The van der Waals surface area contributed by atoms with E-state index in [-0.39, 0.29) is 11.4 Å². The molecule has 0 bridgehead atoms. The first-order chi connectivity index (χ1) is 8.13. The van der Waals surface area contributed by atoms with Crippen molar-refractivity contribution in [3.8, 4) is 0 Å². The summed E-state index contributed by atoms with van der Waals surface area (Å²) in [6.07, 6.45) is 2.37. The maximum absolute atomic E-state index is 11.5. The average molecular weight is 236 g/mol. The fraction of sp³-hybridized carbons (Fsp3) is 0.500. The van der Waals surface area contributed by atoms with Gasteiger partial charge in [0.05, 0.1) is 5.84 Å². The Kier molecular flexibility index (Phi) is 5.42. The van der Waals surface area contributed by atoms with Gasteiger partial charge in [0.25, 0.3) is 5.56 Å². The summed E-state index contributed by atoms with van der Waals surface area (Å²) in [4.78, 5) is 13.7. The molecular weight excluding hydrogens is 216 g/mol. The van der Waals surface area contributed by atoms with Crippen LogP contribution in [0.4, 0.5) is 0 Å². The zero-order valence-corrected chi connectivity index (χ0v) is 10.2. The molecule has 94 valence electrons. The monoisotopic (exact) mass is 236 g/mol. The number of aromatic nitrogens is 1. The van der Waals surface area contributed by atoms with E-state index >= 15 is 0 Å². The van der Waals surface area contributed by atoms with Crippen LogP contribution in [0.5, 0.6) is 0 Å². The number of nitrogens with zero attached hydrogens (tertiary/aromatic N) is 2. The molecule has 0 spiro atoms. The van der Waals surface area contributed by atoms with Gasteiger partial charge in [0.1, 0.15) is 0 Å². The van der Waals surface area contributed by atoms with Gasteiger partial charge in [0.15, 0.2) is 0 Å². The van der Waals surface area contributed by atoms with E-state index in [2.05, 4.69) is 11.8 Å². The van der Waals surface area contributed by atoms with Gasteiger partial charge in [-0.15, -0.1) is 0 Å². The van der Waals surface area contributed by atoms with E-state index in [1.54, 1.807) is 22.9 Å². The number of hydrogen-bond acceptors (Lipinski definition) is 3. The van der Waals surface area contributed by atoms with E-state index in [1.807, 2.05) is 6.07 Å². The van der Waals surface area contributed by atoms with Gasteiger partial charge in [-0.1, -0.05) is 13.0 Å². The van der Waals surface area contributed by atoms with E-state index in [1.165, 1.54) is 0 Å². The van der Waals surface area contributed by atoms with Crippen LogP contribution in [-0.4, -0.2) is 34.9 Å². The summed E-state index contributed by atoms with van der Waals surface area (Å²) in [5.74, 6) is 0.209. The molecule has 0 amide bonds. The van der Waals surface area contributed by atoms with Crippen LogP contribution in [0.3, 0.4) is 0 Å². The van der Waals surface area contributed by atoms with Crippen molar-refractivity contribution in [3.63, 3.8) is 0 Å². The number of amidine groups is 1. The molecule has 1 aromatic rings. The van der Waals surface area contributed by atoms with Crippen molar-refractivity contribution >= 4 is 5.84 Å². The molecule has 0 aliphatic carbocycles. The zero-order valence-electron chi connectivity index (χ0n) is 10.2. The van der Waals surface area contributed by atoms with Gasteiger partial charge in [-0.3, -0.25) is 10.2 Å². The van der Waals surface area contributed by atoms with Crippen LogP contribution in [0, 0.1) is 5.41 Å². The molecule has 0 aliphatic rings. The molecule has 5 heteroatoms. The van der Waals surface area contributed by atoms with Crippen molar-refractivity contribution in [1.29, 1.82) is 5.41 Å². The summed E-state index contributed by atoms with van der Waals surface area (Å²) in [7, 11) is 0. The Morgan fingerprint density at radius 3 is 2.82 bits per heavy atom. The highest BCUT2D eigenvalue weighted by atomic mass is 16.1. The number of hydrogen-bond donors (Lipinski definition) is 2. The quantitative estimate of drug-likeness (QED) is 0.534. The minimum absolute atomic E-state index is 0.0233. The molecule has 0 aliphatic heterocycles. The van der Waals surface area contributed by atoms with Crippen molar-refractivity contribution in [2.75, 3.05) is 19.6 Å². The van der Waals surface area contributed by atoms with Crippen LogP contribution in [0.1, 0.15) is 13.3 Å². The highest BCUT2D eigenvalue weighted by Crippen LogP contribution is 1.93. The number of nitrogens with two attached hydrogens (primary N) is 1. The number of likely N-dealkylation sites (N-methyl/N-ethyl adjacent to an activating group) is 1. The first kappa shape index (κ1) is 13.4. The minimum atomic E-state index is 0.0233. The lowest BCUT2D eigenvalue weighted by molar-refractivity contribution is 0.282. The van der Waals surface area contributed by atoms with Gasteiger partial charge in [0, 0.05) is 38.3 Å².